The van der Waals surface area contributed by atoms with Gasteiger partial charge in [-0.3, -0.25) is 0 Å². The van der Waals surface area contributed by atoms with E-state index in [1.807, 2.05) is 25.1 Å². The summed E-state index contributed by atoms with van der Waals surface area (Å²) in [5.41, 5.74) is 1.39. The highest BCUT2D eigenvalue weighted by molar-refractivity contribution is 5.46. The lowest BCUT2D eigenvalue weighted by Crippen LogP contribution is -2.24. The van der Waals surface area contributed by atoms with E-state index in [0.717, 1.165) is 5.56 Å². The minimum Gasteiger partial charge on any atom is -0.490 e. The van der Waals surface area contributed by atoms with Crippen molar-refractivity contribution in [3.63, 3.8) is 0 Å². The Morgan fingerprint density at radius 3 is 2.54 bits per heavy atom. The summed E-state index contributed by atoms with van der Waals surface area (Å²) in [4.78, 5) is 0. The highest BCUT2D eigenvalue weighted by Gasteiger charge is 2.12. The maximum absolute atomic E-state index is 13.8. The SMILES string of the molecule is CCOc1cccc(CNC[C@@H](C)O)c1OCc1ccccc1F. The first-order valence-electron chi connectivity index (χ1n) is 8.11. The van der Waals surface area contributed by atoms with E-state index in [9.17, 15) is 9.50 Å². The van der Waals surface area contributed by atoms with Crippen molar-refractivity contribution in [2.75, 3.05) is 13.2 Å². The molecule has 0 unspecified atom stereocenters. The fraction of sp³-hybridized carbons (Fsp3) is 0.368. The van der Waals surface area contributed by atoms with Crippen molar-refractivity contribution in [2.24, 2.45) is 0 Å². The van der Waals surface area contributed by atoms with Crippen molar-refractivity contribution in [3.05, 3.63) is 59.4 Å². The number of para-hydroxylation sites is 1. The number of aliphatic hydroxyl groups is 1. The number of halogens is 1. The number of nitrogens with one attached hydrogen (secondary N) is 1. The summed E-state index contributed by atoms with van der Waals surface area (Å²) in [7, 11) is 0. The van der Waals surface area contributed by atoms with Crippen molar-refractivity contribution in [1.82, 2.24) is 5.32 Å². The zero-order valence-electron chi connectivity index (χ0n) is 14.1. The molecule has 2 rings (SSSR count). The van der Waals surface area contributed by atoms with Crippen LogP contribution >= 0.6 is 0 Å². The molecular weight excluding hydrogens is 309 g/mol. The van der Waals surface area contributed by atoms with Gasteiger partial charge in [0.25, 0.3) is 0 Å². The van der Waals surface area contributed by atoms with Gasteiger partial charge in [-0.25, -0.2) is 4.39 Å². The molecule has 0 aliphatic carbocycles. The fourth-order valence-corrected chi connectivity index (χ4v) is 2.31. The van der Waals surface area contributed by atoms with Crippen molar-refractivity contribution in [3.8, 4) is 11.5 Å². The molecule has 0 saturated heterocycles. The summed E-state index contributed by atoms with van der Waals surface area (Å²) < 4.78 is 25.3. The molecule has 5 heteroatoms. The summed E-state index contributed by atoms with van der Waals surface area (Å²) in [6.45, 7) is 5.27. The molecule has 0 aliphatic heterocycles. The van der Waals surface area contributed by atoms with E-state index in [4.69, 9.17) is 9.47 Å². The summed E-state index contributed by atoms with van der Waals surface area (Å²) >= 11 is 0. The maximum atomic E-state index is 13.8. The van der Waals surface area contributed by atoms with E-state index in [-0.39, 0.29) is 12.4 Å². The van der Waals surface area contributed by atoms with E-state index >= 15 is 0 Å². The molecule has 2 N–H and O–H groups in total. The van der Waals surface area contributed by atoms with Crippen LogP contribution in [0.15, 0.2) is 42.5 Å². The monoisotopic (exact) mass is 333 g/mol. The highest BCUT2D eigenvalue weighted by Crippen LogP contribution is 2.32. The van der Waals surface area contributed by atoms with Gasteiger partial charge in [-0.15, -0.1) is 0 Å². The molecule has 0 aliphatic rings. The molecule has 0 bridgehead atoms. The molecule has 0 saturated carbocycles. The van der Waals surface area contributed by atoms with E-state index in [0.29, 0.717) is 36.8 Å². The van der Waals surface area contributed by atoms with E-state index in [1.54, 1.807) is 25.1 Å². The summed E-state index contributed by atoms with van der Waals surface area (Å²) in [5, 5.41) is 12.5. The van der Waals surface area contributed by atoms with Crippen molar-refractivity contribution in [1.29, 1.82) is 0 Å². The van der Waals surface area contributed by atoms with Crippen LogP contribution in [0.2, 0.25) is 0 Å². The van der Waals surface area contributed by atoms with Gasteiger partial charge < -0.3 is 19.9 Å². The molecule has 0 radical (unpaired) electrons. The standard InChI is InChI=1S/C19H24FNO3/c1-3-23-18-10-6-8-15(12-21-11-14(2)22)19(18)24-13-16-7-4-5-9-17(16)20/h4-10,14,21-22H,3,11-13H2,1-2H3/t14-/m1/s1. The van der Waals surface area contributed by atoms with Crippen LogP contribution in [-0.4, -0.2) is 24.4 Å². The number of aliphatic hydroxyl groups excluding tert-OH is 1. The molecule has 1 atom stereocenters. The Kier molecular flexibility index (Phi) is 7.03. The Hall–Kier alpha value is -2.11. The lowest BCUT2D eigenvalue weighted by atomic mass is 10.1. The van der Waals surface area contributed by atoms with Gasteiger partial charge >= 0.3 is 0 Å². The molecule has 130 valence electrons. The number of rotatable bonds is 9. The zero-order valence-corrected chi connectivity index (χ0v) is 14.1. The van der Waals surface area contributed by atoms with E-state index in [1.165, 1.54) is 6.07 Å². The lowest BCUT2D eigenvalue weighted by Gasteiger charge is -2.17. The minimum absolute atomic E-state index is 0.125. The minimum atomic E-state index is -0.428. The molecular formula is C19H24FNO3. The zero-order chi connectivity index (χ0) is 17.4. The normalized spacial score (nSPS) is 12.0. The van der Waals surface area contributed by atoms with Gasteiger partial charge in [0.15, 0.2) is 11.5 Å². The third-order valence-electron chi connectivity index (χ3n) is 3.45. The summed E-state index contributed by atoms with van der Waals surface area (Å²) in [6, 6.07) is 12.2. The third-order valence-corrected chi connectivity index (χ3v) is 3.45. The van der Waals surface area contributed by atoms with Gasteiger partial charge in [0.05, 0.1) is 12.7 Å². The molecule has 0 aromatic heterocycles. The summed E-state index contributed by atoms with van der Waals surface area (Å²) in [6.07, 6.45) is -0.428. The number of benzene rings is 2. The van der Waals surface area contributed by atoms with E-state index < -0.39 is 6.10 Å². The van der Waals surface area contributed by atoms with Crippen LogP contribution < -0.4 is 14.8 Å². The van der Waals surface area contributed by atoms with Gasteiger partial charge in [0.2, 0.25) is 0 Å². The number of hydrogen-bond donors (Lipinski definition) is 2. The average Bonchev–Trinajstić information content (AvgIpc) is 2.55. The molecule has 0 heterocycles. The molecule has 24 heavy (non-hydrogen) atoms. The number of hydrogen-bond acceptors (Lipinski definition) is 4. The molecule has 4 nitrogen and oxygen atoms in total. The largest absolute Gasteiger partial charge is 0.490 e. The van der Waals surface area contributed by atoms with Crippen molar-refractivity contribution < 1.29 is 19.0 Å². The van der Waals surface area contributed by atoms with Crippen LogP contribution in [0.1, 0.15) is 25.0 Å². The van der Waals surface area contributed by atoms with Crippen LogP contribution in [0, 0.1) is 5.82 Å². The topological polar surface area (TPSA) is 50.7 Å². The van der Waals surface area contributed by atoms with Crippen molar-refractivity contribution in [2.45, 2.75) is 33.1 Å². The Labute approximate surface area is 142 Å². The van der Waals surface area contributed by atoms with Gasteiger partial charge in [-0.1, -0.05) is 30.3 Å². The first-order valence-corrected chi connectivity index (χ1v) is 8.11. The van der Waals surface area contributed by atoms with Gasteiger partial charge in [0.1, 0.15) is 12.4 Å². The highest BCUT2D eigenvalue weighted by atomic mass is 19.1. The Morgan fingerprint density at radius 2 is 1.83 bits per heavy atom. The Morgan fingerprint density at radius 1 is 1.08 bits per heavy atom. The predicted molar refractivity (Wildman–Crippen MR) is 91.7 cm³/mol. The Balaban J connectivity index is 2.16. The molecule has 2 aromatic rings. The predicted octanol–water partition coefficient (Wildman–Crippen LogP) is 3.27. The first-order chi connectivity index (χ1) is 11.6. The second kappa shape index (κ2) is 9.25. The number of ether oxygens (including phenoxy) is 2. The fourth-order valence-electron chi connectivity index (χ4n) is 2.31. The average molecular weight is 333 g/mol. The van der Waals surface area contributed by atoms with Gasteiger partial charge in [-0.2, -0.15) is 0 Å². The van der Waals surface area contributed by atoms with Crippen LogP contribution in [0.4, 0.5) is 4.39 Å². The van der Waals surface area contributed by atoms with Crippen LogP contribution in [0.25, 0.3) is 0 Å². The summed E-state index contributed by atoms with van der Waals surface area (Å²) in [5.74, 6) is 0.936. The van der Waals surface area contributed by atoms with Crippen LogP contribution in [0.5, 0.6) is 11.5 Å². The molecule has 0 fully saturated rings. The molecule has 2 aromatic carbocycles. The van der Waals surface area contributed by atoms with Crippen LogP contribution in [-0.2, 0) is 13.2 Å². The Bertz CT molecular complexity index is 646. The first kappa shape index (κ1) is 18.2. The molecule has 0 amide bonds. The lowest BCUT2D eigenvalue weighted by molar-refractivity contribution is 0.190. The van der Waals surface area contributed by atoms with E-state index in [2.05, 4.69) is 5.32 Å². The smallest absolute Gasteiger partial charge is 0.166 e. The second-order valence-corrected chi connectivity index (χ2v) is 5.54. The molecule has 0 spiro atoms. The second-order valence-electron chi connectivity index (χ2n) is 5.54. The third kappa shape index (κ3) is 5.22. The maximum Gasteiger partial charge on any atom is 0.166 e. The van der Waals surface area contributed by atoms with Crippen LogP contribution in [0.3, 0.4) is 0 Å². The van der Waals surface area contributed by atoms with Gasteiger partial charge in [-0.05, 0) is 26.0 Å². The quantitative estimate of drug-likeness (QED) is 0.739. The van der Waals surface area contributed by atoms with Crippen molar-refractivity contribution >= 4 is 0 Å². The van der Waals surface area contributed by atoms with Gasteiger partial charge in [0, 0.05) is 24.2 Å².